The first-order valence-corrected chi connectivity index (χ1v) is 13.5. The van der Waals surface area contributed by atoms with Crippen LogP contribution in [0.4, 0.5) is 0 Å². The summed E-state index contributed by atoms with van der Waals surface area (Å²) in [5, 5.41) is 3.41. The summed E-state index contributed by atoms with van der Waals surface area (Å²) in [6.07, 6.45) is 0. The molecule has 0 aliphatic rings. The van der Waals surface area contributed by atoms with E-state index in [-0.39, 0.29) is 0 Å². The monoisotopic (exact) mass is 264 g/mol. The molecule has 0 spiro atoms. The molecular formula is C15H28Si2. The molecule has 1 aromatic carbocycles. The van der Waals surface area contributed by atoms with Crippen molar-refractivity contribution < 1.29 is 0 Å². The molecule has 0 fully saturated rings. The molecule has 1 rings (SSSR count). The summed E-state index contributed by atoms with van der Waals surface area (Å²) in [4.78, 5) is 0. The van der Waals surface area contributed by atoms with Gasteiger partial charge in [-0.15, -0.1) is 0 Å². The van der Waals surface area contributed by atoms with Crippen molar-refractivity contribution in [1.29, 1.82) is 0 Å². The van der Waals surface area contributed by atoms with Gasteiger partial charge in [0.25, 0.3) is 0 Å². The van der Waals surface area contributed by atoms with E-state index in [1.54, 1.807) is 10.4 Å². The van der Waals surface area contributed by atoms with Crippen LogP contribution in [0, 0.1) is 5.92 Å². The van der Waals surface area contributed by atoms with Crippen LogP contribution in [0.3, 0.4) is 0 Å². The molecule has 0 nitrogen and oxygen atoms in total. The van der Waals surface area contributed by atoms with E-state index in [9.17, 15) is 0 Å². The summed E-state index contributed by atoms with van der Waals surface area (Å²) in [6, 6.07) is 10.6. The third-order valence-electron chi connectivity index (χ3n) is 3.38. The molecule has 1 aromatic rings. The van der Waals surface area contributed by atoms with Gasteiger partial charge in [-0.2, -0.15) is 0 Å². The highest BCUT2D eigenvalue weighted by Crippen LogP contribution is 2.17. The first kappa shape index (κ1) is 14.7. The Kier molecular flexibility index (Phi) is 4.42. The molecule has 0 aromatic heterocycles. The topological polar surface area (TPSA) is 0 Å². The van der Waals surface area contributed by atoms with E-state index in [1.807, 2.05) is 0 Å². The van der Waals surface area contributed by atoms with Gasteiger partial charge in [0.2, 0.25) is 0 Å². The first-order chi connectivity index (χ1) is 7.64. The highest BCUT2D eigenvalue weighted by atomic mass is 28.3. The van der Waals surface area contributed by atoms with Crippen LogP contribution in [0.1, 0.15) is 13.8 Å². The van der Waals surface area contributed by atoms with E-state index >= 15 is 0 Å². The summed E-state index contributed by atoms with van der Waals surface area (Å²) in [5.74, 6) is 0.811. The largest absolute Gasteiger partial charge is 0.0807 e. The lowest BCUT2D eigenvalue weighted by Gasteiger charge is -2.31. The number of hydrogen-bond acceptors (Lipinski definition) is 0. The van der Waals surface area contributed by atoms with Gasteiger partial charge in [-0.25, -0.2) is 0 Å². The molecule has 0 bridgehead atoms. The van der Waals surface area contributed by atoms with Crippen LogP contribution in [-0.2, 0) is 0 Å². The molecule has 0 unspecified atom stereocenters. The molecule has 17 heavy (non-hydrogen) atoms. The zero-order chi connectivity index (χ0) is 13.3. The van der Waals surface area contributed by atoms with Gasteiger partial charge in [-0.1, -0.05) is 87.3 Å². The van der Waals surface area contributed by atoms with Gasteiger partial charge >= 0.3 is 0 Å². The van der Waals surface area contributed by atoms with E-state index in [0.717, 1.165) is 5.92 Å². The lowest BCUT2D eigenvalue weighted by atomic mass is 10.3. The van der Waals surface area contributed by atoms with E-state index < -0.39 is 16.1 Å². The van der Waals surface area contributed by atoms with Crippen LogP contribution >= 0.6 is 0 Å². The van der Waals surface area contributed by atoms with Crippen molar-refractivity contribution in [3.63, 3.8) is 0 Å². The predicted octanol–water partition coefficient (Wildman–Crippen LogP) is 3.80. The number of hydrogen-bond donors (Lipinski definition) is 0. The quantitative estimate of drug-likeness (QED) is 0.726. The maximum atomic E-state index is 2.53. The van der Waals surface area contributed by atoms with Crippen molar-refractivity contribution in [3.8, 4) is 0 Å². The number of benzene rings is 1. The Morgan fingerprint density at radius 3 is 1.76 bits per heavy atom. The van der Waals surface area contributed by atoms with Crippen molar-refractivity contribution in [2.24, 2.45) is 5.92 Å². The summed E-state index contributed by atoms with van der Waals surface area (Å²) in [5.41, 5.74) is 0. The molecule has 0 heterocycles. The Morgan fingerprint density at radius 1 is 0.882 bits per heavy atom. The van der Waals surface area contributed by atoms with Crippen molar-refractivity contribution in [3.05, 3.63) is 24.3 Å². The molecule has 0 amide bonds. The molecule has 0 aliphatic heterocycles. The Morgan fingerprint density at radius 2 is 1.35 bits per heavy atom. The molecule has 0 saturated heterocycles. The second-order valence-corrected chi connectivity index (χ2v) is 17.0. The molecule has 2 heteroatoms. The van der Waals surface area contributed by atoms with Crippen LogP contribution in [0.15, 0.2) is 24.3 Å². The Labute approximate surface area is 109 Å². The minimum atomic E-state index is -1.26. The zero-order valence-electron chi connectivity index (χ0n) is 12.6. The molecular weight excluding hydrogens is 236 g/mol. The fourth-order valence-electron chi connectivity index (χ4n) is 2.86. The summed E-state index contributed by atoms with van der Waals surface area (Å²) >= 11 is 0. The lowest BCUT2D eigenvalue weighted by Crippen LogP contribution is -2.57. The van der Waals surface area contributed by atoms with E-state index in [2.05, 4.69) is 70.8 Å². The van der Waals surface area contributed by atoms with Crippen LogP contribution in [0.25, 0.3) is 0 Å². The molecule has 0 atom stereocenters. The molecule has 0 radical (unpaired) electrons. The van der Waals surface area contributed by atoms with Gasteiger partial charge in [0.05, 0.1) is 16.1 Å². The van der Waals surface area contributed by atoms with Gasteiger partial charge in [0, 0.05) is 0 Å². The maximum absolute atomic E-state index is 2.53. The normalized spacial score (nSPS) is 13.2. The SMILES string of the molecule is CC(C)C[Si](C)(C)c1ccccc1[Si](C)(C)C. The van der Waals surface area contributed by atoms with E-state index in [0.29, 0.717) is 0 Å². The Hall–Kier alpha value is -0.346. The van der Waals surface area contributed by atoms with Crippen molar-refractivity contribution >= 4 is 26.5 Å². The van der Waals surface area contributed by atoms with Gasteiger partial charge in [-0.05, 0) is 5.92 Å². The fourth-order valence-corrected chi connectivity index (χ4v) is 10.1. The molecule has 0 N–H and O–H groups in total. The predicted molar refractivity (Wildman–Crippen MR) is 86.2 cm³/mol. The fraction of sp³-hybridized carbons (Fsp3) is 0.600. The molecule has 0 aliphatic carbocycles. The van der Waals surface area contributed by atoms with E-state index in [4.69, 9.17) is 0 Å². The first-order valence-electron chi connectivity index (χ1n) is 6.74. The van der Waals surface area contributed by atoms with E-state index in [1.165, 1.54) is 6.04 Å². The zero-order valence-corrected chi connectivity index (χ0v) is 14.6. The highest BCUT2D eigenvalue weighted by Gasteiger charge is 2.30. The second kappa shape index (κ2) is 5.11. The standard InChI is InChI=1S/C15H28Si2/c1-13(2)12-17(6,7)15-11-9-8-10-14(15)16(3,4)5/h8-11,13H,12H2,1-7H3. The third-order valence-corrected chi connectivity index (χ3v) is 9.42. The summed E-state index contributed by atoms with van der Waals surface area (Å²) in [7, 11) is -2.47. The third kappa shape index (κ3) is 3.82. The Balaban J connectivity index is 3.22. The van der Waals surface area contributed by atoms with Crippen molar-refractivity contribution in [2.75, 3.05) is 0 Å². The minimum absolute atomic E-state index is 0.811. The average molecular weight is 265 g/mol. The van der Waals surface area contributed by atoms with Crippen LogP contribution < -0.4 is 10.4 Å². The van der Waals surface area contributed by atoms with Gasteiger partial charge in [0.1, 0.15) is 0 Å². The van der Waals surface area contributed by atoms with Crippen LogP contribution in [0.5, 0.6) is 0 Å². The van der Waals surface area contributed by atoms with Gasteiger partial charge in [0.15, 0.2) is 0 Å². The van der Waals surface area contributed by atoms with Crippen molar-refractivity contribution in [2.45, 2.75) is 52.6 Å². The highest BCUT2D eigenvalue weighted by molar-refractivity contribution is 6.99. The summed E-state index contributed by atoms with van der Waals surface area (Å²) < 4.78 is 0. The second-order valence-electron chi connectivity index (χ2n) is 7.28. The van der Waals surface area contributed by atoms with Gasteiger partial charge in [-0.3, -0.25) is 0 Å². The van der Waals surface area contributed by atoms with Gasteiger partial charge < -0.3 is 0 Å². The number of rotatable bonds is 4. The molecule has 0 saturated carbocycles. The van der Waals surface area contributed by atoms with Crippen molar-refractivity contribution in [1.82, 2.24) is 0 Å². The molecule has 96 valence electrons. The minimum Gasteiger partial charge on any atom is -0.0656 e. The van der Waals surface area contributed by atoms with Crippen LogP contribution in [0.2, 0.25) is 38.8 Å². The summed E-state index contributed by atoms with van der Waals surface area (Å²) in [6.45, 7) is 17.2. The smallest absolute Gasteiger partial charge is 0.0656 e. The Bertz CT molecular complexity index is 373. The van der Waals surface area contributed by atoms with Crippen LogP contribution in [-0.4, -0.2) is 16.1 Å². The average Bonchev–Trinajstić information content (AvgIpc) is 2.14. The maximum Gasteiger partial charge on any atom is 0.0807 e. The lowest BCUT2D eigenvalue weighted by molar-refractivity contribution is 0.723.